The van der Waals surface area contributed by atoms with Crippen molar-refractivity contribution in [2.75, 3.05) is 0 Å². The second kappa shape index (κ2) is 16.0. The lowest BCUT2D eigenvalue weighted by atomic mass is 9.83. The molecule has 0 spiro atoms. The average molecular weight is 732 g/mol. The van der Waals surface area contributed by atoms with Gasteiger partial charge in [0.15, 0.2) is 17.3 Å². The number of carbonyl (C=O) groups is 6. The maximum absolute atomic E-state index is 14.2. The highest BCUT2D eigenvalue weighted by Crippen LogP contribution is 2.46. The molecule has 12 heteroatoms. The summed E-state index contributed by atoms with van der Waals surface area (Å²) in [6.07, 6.45) is 7.99. The molecule has 1 aromatic carbocycles. The minimum atomic E-state index is -1.54. The maximum atomic E-state index is 14.2. The molecule has 0 fully saturated rings. The van der Waals surface area contributed by atoms with Crippen molar-refractivity contribution in [1.82, 2.24) is 5.32 Å². The van der Waals surface area contributed by atoms with Crippen LogP contribution in [0.4, 0.5) is 0 Å². The number of allylic oxidation sites excluding steroid dienone is 6. The number of phenols is 1. The monoisotopic (exact) mass is 731 g/mol. The number of hydrogen-bond donors (Lipinski definition) is 5. The molecule has 4 rings (SSSR count). The minimum absolute atomic E-state index is 0.0944. The van der Waals surface area contributed by atoms with Gasteiger partial charge in [0.2, 0.25) is 17.5 Å². The second-order valence-corrected chi connectivity index (χ2v) is 15.4. The topological polar surface area (TPSA) is 195 Å². The normalized spacial score (nSPS) is 33.8. The Morgan fingerprint density at radius 2 is 1.48 bits per heavy atom. The lowest BCUT2D eigenvalue weighted by molar-refractivity contribution is -0.121. The number of ketones is 5. The summed E-state index contributed by atoms with van der Waals surface area (Å²) in [5.41, 5.74) is -0.522. The zero-order valence-electron chi connectivity index (χ0n) is 30.2. The van der Waals surface area contributed by atoms with Crippen LogP contribution in [-0.2, 0) is 14.4 Å². The molecule has 5 N–H and O–H groups in total. The number of nitrogens with one attached hydrogen (secondary N) is 1. The number of Topliss-reactive ketones (excluding diaryl/α,β-unsaturated/α-hetero) is 4. The number of hydrogen-bond acceptors (Lipinski definition) is 11. The van der Waals surface area contributed by atoms with Crippen molar-refractivity contribution in [1.29, 1.82) is 0 Å². The van der Waals surface area contributed by atoms with E-state index in [1.54, 1.807) is 39.8 Å². The van der Waals surface area contributed by atoms with Crippen LogP contribution in [0.25, 0.3) is 0 Å². The van der Waals surface area contributed by atoms with E-state index in [0.717, 1.165) is 17.8 Å². The van der Waals surface area contributed by atoms with Crippen LogP contribution in [0.15, 0.2) is 76.4 Å². The second-order valence-electron chi connectivity index (χ2n) is 14.0. The lowest BCUT2D eigenvalue weighted by Crippen LogP contribution is -2.48. The number of fused-ring (bicyclic) bond motifs is 1. The van der Waals surface area contributed by atoms with Gasteiger partial charge in [-0.2, -0.15) is 0 Å². The molecule has 0 aromatic heterocycles. The first-order valence-corrected chi connectivity index (χ1v) is 17.9. The van der Waals surface area contributed by atoms with E-state index >= 15 is 0 Å². The summed E-state index contributed by atoms with van der Waals surface area (Å²) in [4.78, 5) is 80.7. The van der Waals surface area contributed by atoms with Crippen molar-refractivity contribution in [2.24, 2.45) is 17.8 Å². The maximum Gasteiger partial charge on any atom is 0.244 e. The zero-order chi connectivity index (χ0) is 38.8. The van der Waals surface area contributed by atoms with Gasteiger partial charge in [-0.15, -0.1) is 0 Å². The SMILES string of the molecule is C/C1=C/C[C@H](O)/C=C\[C@H](C)[C@@H](O)[C@@H](C)/C=C(\C)C(=O)c2c(O)c(C)cc3c2C(=O)C2=C(NC(=O)C(C)(/C=C/C(=O)/C=C/[C@H](C)[C@@H](O)CC1=O)S2)C3=O. The first-order chi connectivity index (χ1) is 24.3. The molecule has 52 heavy (non-hydrogen) atoms. The van der Waals surface area contributed by atoms with E-state index < -0.39 is 75.6 Å². The fraction of sp³-hybridized carbons (Fsp3) is 0.400. The molecular formula is C40H45NO10S. The largest absolute Gasteiger partial charge is 0.507 e. The summed E-state index contributed by atoms with van der Waals surface area (Å²) in [6, 6.07) is 1.29. The Kier molecular flexibility index (Phi) is 12.4. The van der Waals surface area contributed by atoms with E-state index in [-0.39, 0.29) is 57.1 Å². The minimum Gasteiger partial charge on any atom is -0.507 e. The van der Waals surface area contributed by atoms with Crippen molar-refractivity contribution in [3.05, 3.63) is 98.7 Å². The van der Waals surface area contributed by atoms with Gasteiger partial charge in [0.25, 0.3) is 0 Å². The van der Waals surface area contributed by atoms with Gasteiger partial charge in [-0.25, -0.2) is 0 Å². The Balaban J connectivity index is 1.80. The van der Waals surface area contributed by atoms with Gasteiger partial charge in [0.05, 0.1) is 28.8 Å². The predicted octanol–water partition coefficient (Wildman–Crippen LogP) is 4.58. The van der Waals surface area contributed by atoms with E-state index in [1.807, 2.05) is 0 Å². The summed E-state index contributed by atoms with van der Waals surface area (Å²) in [5.74, 6) is -5.96. The van der Waals surface area contributed by atoms with Crippen LogP contribution >= 0.6 is 11.8 Å². The van der Waals surface area contributed by atoms with Crippen LogP contribution in [0.5, 0.6) is 5.75 Å². The van der Waals surface area contributed by atoms with E-state index in [9.17, 15) is 49.2 Å². The lowest BCUT2D eigenvalue weighted by Gasteiger charge is -2.34. The van der Waals surface area contributed by atoms with Gasteiger partial charge in [0.1, 0.15) is 16.2 Å². The summed E-state index contributed by atoms with van der Waals surface area (Å²) < 4.78 is -1.54. The molecule has 2 aliphatic heterocycles. The van der Waals surface area contributed by atoms with Gasteiger partial charge < -0.3 is 25.7 Å². The number of amides is 1. The van der Waals surface area contributed by atoms with Crippen molar-refractivity contribution in [3.63, 3.8) is 0 Å². The van der Waals surface area contributed by atoms with E-state index in [2.05, 4.69) is 5.32 Å². The number of aryl methyl sites for hydroxylation is 1. The molecular weight excluding hydrogens is 687 g/mol. The van der Waals surface area contributed by atoms with E-state index in [1.165, 1.54) is 57.2 Å². The van der Waals surface area contributed by atoms with Gasteiger partial charge in [-0.3, -0.25) is 28.8 Å². The van der Waals surface area contributed by atoms with Gasteiger partial charge in [-0.1, -0.05) is 69.0 Å². The zero-order valence-corrected chi connectivity index (χ0v) is 31.0. The number of aromatic hydroxyl groups is 1. The highest BCUT2D eigenvalue weighted by Gasteiger charge is 2.47. The Bertz CT molecular complexity index is 1910. The Hall–Kier alpha value is -4.49. The van der Waals surface area contributed by atoms with E-state index in [4.69, 9.17) is 0 Å². The predicted molar refractivity (Wildman–Crippen MR) is 197 cm³/mol. The van der Waals surface area contributed by atoms with Gasteiger partial charge >= 0.3 is 0 Å². The molecule has 1 aromatic rings. The third-order valence-corrected chi connectivity index (χ3v) is 11.0. The highest BCUT2D eigenvalue weighted by atomic mass is 32.2. The van der Waals surface area contributed by atoms with Crippen molar-refractivity contribution in [2.45, 2.75) is 84.4 Å². The molecule has 276 valence electrons. The standard InChI is InChI=1S/C40H45NO10S/c1-19-8-11-25(42)13-10-21(3)33(46)22(4)16-23(5)34(47)31-30-27(17-24(6)35(31)48)36(49)32-38(37(30)50)52-40(7,39(51)41-32)15-14-26(43)12-9-20(2)29(45)18-28(19)44/h8-10,12-17,20-22,25,29,33,42,45-46,48H,11,18H2,1-7H3,(H,41,51)/b12-9+,13-10-,15-14+,19-8-,23-16+/t20-,21-,22-,25-,29-,33+,40?/m0/s1. The number of phenolic OH excluding ortho intramolecular Hbond substituents is 1. The number of thioether (sulfide) groups is 1. The number of aliphatic hydroxyl groups is 3. The fourth-order valence-electron chi connectivity index (χ4n) is 6.09. The van der Waals surface area contributed by atoms with Crippen LogP contribution in [0.2, 0.25) is 0 Å². The van der Waals surface area contributed by atoms with Gasteiger partial charge in [-0.05, 0) is 69.0 Å². The number of rotatable bonds is 0. The van der Waals surface area contributed by atoms with Crippen molar-refractivity contribution >= 4 is 46.6 Å². The van der Waals surface area contributed by atoms with Gasteiger partial charge in [0, 0.05) is 35.3 Å². The van der Waals surface area contributed by atoms with Crippen LogP contribution < -0.4 is 5.32 Å². The smallest absolute Gasteiger partial charge is 0.244 e. The molecule has 11 nitrogen and oxygen atoms in total. The molecule has 2 heterocycles. The Labute approximate surface area is 307 Å². The first-order valence-electron chi connectivity index (χ1n) is 17.0. The van der Waals surface area contributed by atoms with Crippen LogP contribution in [0.3, 0.4) is 0 Å². The molecule has 0 radical (unpaired) electrons. The molecule has 1 amide bonds. The fourth-order valence-corrected chi connectivity index (χ4v) is 7.23. The third kappa shape index (κ3) is 8.42. The number of carbonyl (C=O) groups excluding carboxylic acids is 6. The Morgan fingerprint density at radius 1 is 0.808 bits per heavy atom. The Morgan fingerprint density at radius 3 is 2.15 bits per heavy atom. The highest BCUT2D eigenvalue weighted by molar-refractivity contribution is 8.06. The van der Waals surface area contributed by atoms with Crippen molar-refractivity contribution in [3.8, 4) is 5.75 Å². The van der Waals surface area contributed by atoms with E-state index in [0.29, 0.717) is 5.57 Å². The van der Waals surface area contributed by atoms with Crippen LogP contribution in [0.1, 0.15) is 91.0 Å². The summed E-state index contributed by atoms with van der Waals surface area (Å²) >= 11 is 0.737. The molecule has 1 aliphatic carbocycles. The first kappa shape index (κ1) is 40.3. The number of benzene rings is 1. The molecule has 0 saturated carbocycles. The molecule has 7 atom stereocenters. The summed E-state index contributed by atoms with van der Waals surface area (Å²) in [6.45, 7) is 11.0. The van der Waals surface area contributed by atoms with Crippen molar-refractivity contribution < 1.29 is 49.2 Å². The third-order valence-electron chi connectivity index (χ3n) is 9.67. The molecule has 3 bridgehead atoms. The van der Waals surface area contributed by atoms with Crippen LogP contribution in [-0.4, -0.2) is 78.3 Å². The molecule has 3 aliphatic rings. The quantitative estimate of drug-likeness (QED) is 0.235. The summed E-state index contributed by atoms with van der Waals surface area (Å²) in [5, 5.41) is 45.9. The summed E-state index contributed by atoms with van der Waals surface area (Å²) in [7, 11) is 0. The molecule has 1 unspecified atom stereocenters. The molecule has 0 saturated heterocycles. The van der Waals surface area contributed by atoms with Crippen LogP contribution in [0, 0.1) is 24.7 Å². The average Bonchev–Trinajstić information content (AvgIpc) is 3.10. The number of aliphatic hydroxyl groups excluding tert-OH is 3.